The second kappa shape index (κ2) is 6.08. The molecule has 0 bridgehead atoms. The maximum atomic E-state index is 12.2. The summed E-state index contributed by atoms with van der Waals surface area (Å²) in [4.78, 5) is 12.2. The highest BCUT2D eigenvalue weighted by Crippen LogP contribution is 2.24. The van der Waals surface area contributed by atoms with Gasteiger partial charge in [0, 0.05) is 10.0 Å². The standard InChI is InChI=1S/C15H10BrClN2O/c1-9-4-11(7-12(16)5-9)15(20)19-14-6-10(8-18)2-3-13(14)17/h2-7H,1H3,(H,19,20). The molecule has 1 amide bonds. The molecule has 0 radical (unpaired) electrons. The fourth-order valence-corrected chi connectivity index (χ4v) is 2.53. The van der Waals surface area contributed by atoms with Gasteiger partial charge in [-0.05, 0) is 48.9 Å². The van der Waals surface area contributed by atoms with Crippen LogP contribution in [-0.2, 0) is 0 Å². The van der Waals surface area contributed by atoms with E-state index in [0.29, 0.717) is 21.8 Å². The number of amides is 1. The van der Waals surface area contributed by atoms with Gasteiger partial charge in [-0.15, -0.1) is 0 Å². The van der Waals surface area contributed by atoms with Crippen LogP contribution in [0.2, 0.25) is 5.02 Å². The molecule has 2 aromatic carbocycles. The molecular weight excluding hydrogens is 340 g/mol. The van der Waals surface area contributed by atoms with Crippen LogP contribution in [0.15, 0.2) is 40.9 Å². The van der Waals surface area contributed by atoms with Crippen molar-refractivity contribution >= 4 is 39.1 Å². The molecule has 1 N–H and O–H groups in total. The normalized spacial score (nSPS) is 9.90. The average molecular weight is 350 g/mol. The number of benzene rings is 2. The number of hydrogen-bond acceptors (Lipinski definition) is 2. The highest BCUT2D eigenvalue weighted by molar-refractivity contribution is 9.10. The molecule has 0 unspecified atom stereocenters. The second-order valence-electron chi connectivity index (χ2n) is 4.28. The SMILES string of the molecule is Cc1cc(Br)cc(C(=O)Nc2cc(C#N)ccc2Cl)c1. The van der Waals surface area contributed by atoms with Gasteiger partial charge in [0.05, 0.1) is 22.3 Å². The fourth-order valence-electron chi connectivity index (χ4n) is 1.75. The van der Waals surface area contributed by atoms with Crippen molar-refractivity contribution in [1.29, 1.82) is 5.26 Å². The molecule has 5 heteroatoms. The third-order valence-corrected chi connectivity index (χ3v) is 3.44. The summed E-state index contributed by atoms with van der Waals surface area (Å²) < 4.78 is 0.833. The van der Waals surface area contributed by atoms with E-state index >= 15 is 0 Å². The van der Waals surface area contributed by atoms with E-state index < -0.39 is 0 Å². The molecule has 0 saturated heterocycles. The van der Waals surface area contributed by atoms with Crippen molar-refractivity contribution < 1.29 is 4.79 Å². The summed E-state index contributed by atoms with van der Waals surface area (Å²) in [5.41, 5.74) is 2.36. The van der Waals surface area contributed by atoms with Gasteiger partial charge in [-0.1, -0.05) is 27.5 Å². The first-order chi connectivity index (χ1) is 9.49. The van der Waals surface area contributed by atoms with Crippen molar-refractivity contribution in [2.24, 2.45) is 0 Å². The highest BCUT2D eigenvalue weighted by atomic mass is 79.9. The Labute approximate surface area is 130 Å². The lowest BCUT2D eigenvalue weighted by Gasteiger charge is -2.08. The number of nitrogens with one attached hydrogen (secondary N) is 1. The predicted molar refractivity (Wildman–Crippen MR) is 83.0 cm³/mol. The smallest absolute Gasteiger partial charge is 0.255 e. The number of carbonyl (C=O) groups excluding carboxylic acids is 1. The van der Waals surface area contributed by atoms with Gasteiger partial charge in [-0.3, -0.25) is 4.79 Å². The molecule has 3 nitrogen and oxygen atoms in total. The molecule has 100 valence electrons. The summed E-state index contributed by atoms with van der Waals surface area (Å²) in [7, 11) is 0. The van der Waals surface area contributed by atoms with Gasteiger partial charge in [-0.2, -0.15) is 5.26 Å². The van der Waals surface area contributed by atoms with Crippen LogP contribution >= 0.6 is 27.5 Å². The molecular formula is C15H10BrClN2O. The van der Waals surface area contributed by atoms with Crippen LogP contribution in [0.25, 0.3) is 0 Å². The molecule has 0 aromatic heterocycles. The number of hydrogen-bond donors (Lipinski definition) is 1. The minimum atomic E-state index is -0.272. The van der Waals surface area contributed by atoms with E-state index in [-0.39, 0.29) is 5.91 Å². The number of nitriles is 1. The summed E-state index contributed by atoms with van der Waals surface area (Å²) in [5.74, 6) is -0.272. The monoisotopic (exact) mass is 348 g/mol. The van der Waals surface area contributed by atoms with Gasteiger partial charge in [0.1, 0.15) is 0 Å². The molecule has 20 heavy (non-hydrogen) atoms. The Morgan fingerprint density at radius 3 is 2.70 bits per heavy atom. The number of rotatable bonds is 2. The first-order valence-electron chi connectivity index (χ1n) is 5.78. The molecule has 0 fully saturated rings. The van der Waals surface area contributed by atoms with E-state index in [9.17, 15) is 4.79 Å². The van der Waals surface area contributed by atoms with E-state index in [1.165, 1.54) is 0 Å². The van der Waals surface area contributed by atoms with Gasteiger partial charge in [-0.25, -0.2) is 0 Å². The molecule has 0 atom stereocenters. The lowest BCUT2D eigenvalue weighted by Crippen LogP contribution is -2.12. The lowest BCUT2D eigenvalue weighted by molar-refractivity contribution is 0.102. The molecule has 0 spiro atoms. The van der Waals surface area contributed by atoms with E-state index in [1.807, 2.05) is 19.1 Å². The second-order valence-corrected chi connectivity index (χ2v) is 5.60. The van der Waals surface area contributed by atoms with Gasteiger partial charge >= 0.3 is 0 Å². The van der Waals surface area contributed by atoms with Crippen LogP contribution in [0, 0.1) is 18.3 Å². The van der Waals surface area contributed by atoms with Crippen LogP contribution in [0.3, 0.4) is 0 Å². The quantitative estimate of drug-likeness (QED) is 0.865. The topological polar surface area (TPSA) is 52.9 Å². The van der Waals surface area contributed by atoms with Gasteiger partial charge < -0.3 is 5.32 Å². The Kier molecular flexibility index (Phi) is 4.43. The van der Waals surface area contributed by atoms with Gasteiger partial charge in [0.25, 0.3) is 5.91 Å². The van der Waals surface area contributed by atoms with Crippen molar-refractivity contribution in [3.8, 4) is 6.07 Å². The van der Waals surface area contributed by atoms with Crippen molar-refractivity contribution in [2.75, 3.05) is 5.32 Å². The molecule has 0 aliphatic heterocycles. The molecule has 0 heterocycles. The first kappa shape index (κ1) is 14.6. The number of anilines is 1. The Morgan fingerprint density at radius 2 is 2.05 bits per heavy atom. The van der Waals surface area contributed by atoms with Crippen LogP contribution in [0.4, 0.5) is 5.69 Å². The number of nitrogens with zero attached hydrogens (tertiary/aromatic N) is 1. The fraction of sp³-hybridized carbons (Fsp3) is 0.0667. The van der Waals surface area contributed by atoms with E-state index in [4.69, 9.17) is 16.9 Å². The maximum Gasteiger partial charge on any atom is 0.255 e. The van der Waals surface area contributed by atoms with E-state index in [2.05, 4.69) is 21.2 Å². The average Bonchev–Trinajstić information content (AvgIpc) is 2.40. The zero-order valence-corrected chi connectivity index (χ0v) is 12.9. The minimum absolute atomic E-state index is 0.272. The van der Waals surface area contributed by atoms with Crippen LogP contribution in [0.1, 0.15) is 21.5 Å². The number of carbonyl (C=O) groups is 1. The van der Waals surface area contributed by atoms with Crippen molar-refractivity contribution in [3.05, 3.63) is 62.6 Å². The Bertz CT molecular complexity index is 702. The lowest BCUT2D eigenvalue weighted by atomic mass is 10.1. The predicted octanol–water partition coefficient (Wildman–Crippen LogP) is 4.53. The van der Waals surface area contributed by atoms with Crippen molar-refractivity contribution in [3.63, 3.8) is 0 Å². The Balaban J connectivity index is 2.30. The van der Waals surface area contributed by atoms with E-state index in [1.54, 1.807) is 30.3 Å². The van der Waals surface area contributed by atoms with Crippen molar-refractivity contribution in [2.45, 2.75) is 6.92 Å². The number of aryl methyl sites for hydroxylation is 1. The van der Waals surface area contributed by atoms with Gasteiger partial charge in [0.2, 0.25) is 0 Å². The van der Waals surface area contributed by atoms with Crippen molar-refractivity contribution in [1.82, 2.24) is 0 Å². The molecule has 2 aromatic rings. The zero-order valence-electron chi connectivity index (χ0n) is 10.6. The molecule has 0 saturated carbocycles. The third kappa shape index (κ3) is 3.38. The first-order valence-corrected chi connectivity index (χ1v) is 6.95. The largest absolute Gasteiger partial charge is 0.321 e. The molecule has 0 aliphatic rings. The summed E-state index contributed by atoms with van der Waals surface area (Å²) in [5, 5.41) is 12.0. The Morgan fingerprint density at radius 1 is 1.30 bits per heavy atom. The summed E-state index contributed by atoms with van der Waals surface area (Å²) in [6.45, 7) is 1.91. The third-order valence-electron chi connectivity index (χ3n) is 2.65. The Hall–Kier alpha value is -1.83. The van der Waals surface area contributed by atoms with Gasteiger partial charge in [0.15, 0.2) is 0 Å². The van der Waals surface area contributed by atoms with Crippen LogP contribution in [-0.4, -0.2) is 5.91 Å². The minimum Gasteiger partial charge on any atom is -0.321 e. The molecule has 0 aliphatic carbocycles. The summed E-state index contributed by atoms with van der Waals surface area (Å²) in [6, 6.07) is 12.2. The van der Waals surface area contributed by atoms with Crippen LogP contribution < -0.4 is 5.32 Å². The summed E-state index contributed by atoms with van der Waals surface area (Å²) in [6.07, 6.45) is 0. The zero-order chi connectivity index (χ0) is 14.7. The molecule has 2 rings (SSSR count). The highest BCUT2D eigenvalue weighted by Gasteiger charge is 2.10. The summed E-state index contributed by atoms with van der Waals surface area (Å²) >= 11 is 9.37. The van der Waals surface area contributed by atoms with E-state index in [0.717, 1.165) is 10.0 Å². The number of halogens is 2. The maximum absolute atomic E-state index is 12.2. The van der Waals surface area contributed by atoms with Crippen LogP contribution in [0.5, 0.6) is 0 Å².